The van der Waals surface area contributed by atoms with E-state index in [-0.39, 0.29) is 38.4 Å². The Balaban J connectivity index is 1.77. The predicted octanol–water partition coefficient (Wildman–Crippen LogP) is 6.56. The van der Waals surface area contributed by atoms with Gasteiger partial charge in [-0.1, -0.05) is 37.0 Å². The molecule has 1 amide bonds. The highest BCUT2D eigenvalue weighted by molar-refractivity contribution is 6.42. The molecule has 0 aliphatic carbocycles. The van der Waals surface area contributed by atoms with Crippen molar-refractivity contribution >= 4 is 45.9 Å². The zero-order valence-electron chi connectivity index (χ0n) is 19.6. The number of benzene rings is 1. The number of halogens is 5. The molecule has 5 nitrogen and oxygen atoms in total. The SMILES string of the molecule is Cc1cc(C(F)(F)F)nc2c1cc(C(=O)c1c(Cl)ccc(C(=O)N3CC[C@@H](C)[C@H](C)C3)c1Cl)n2C. The fourth-order valence-electron chi connectivity index (χ4n) is 4.48. The quantitative estimate of drug-likeness (QED) is 0.364. The van der Waals surface area contributed by atoms with Crippen LogP contribution in [-0.2, 0) is 13.2 Å². The second kappa shape index (κ2) is 9.13. The van der Waals surface area contributed by atoms with Crippen molar-refractivity contribution in [2.75, 3.05) is 13.1 Å². The van der Waals surface area contributed by atoms with Gasteiger partial charge in [-0.25, -0.2) is 4.98 Å². The monoisotopic (exact) mass is 525 g/mol. The van der Waals surface area contributed by atoms with Gasteiger partial charge in [0.1, 0.15) is 11.3 Å². The van der Waals surface area contributed by atoms with E-state index in [2.05, 4.69) is 18.8 Å². The van der Waals surface area contributed by atoms with Crippen molar-refractivity contribution in [3.05, 3.63) is 62.4 Å². The molecule has 1 aromatic carbocycles. The molecule has 1 fully saturated rings. The Morgan fingerprint density at radius 1 is 1.11 bits per heavy atom. The summed E-state index contributed by atoms with van der Waals surface area (Å²) in [4.78, 5) is 32.2. The van der Waals surface area contributed by atoms with Crippen molar-refractivity contribution in [3.8, 4) is 0 Å². The Labute approximate surface area is 210 Å². The third kappa shape index (κ3) is 4.54. The molecule has 3 aromatic rings. The molecule has 1 saturated heterocycles. The minimum Gasteiger partial charge on any atom is -0.338 e. The highest BCUT2D eigenvalue weighted by Gasteiger charge is 2.34. The summed E-state index contributed by atoms with van der Waals surface area (Å²) < 4.78 is 41.1. The van der Waals surface area contributed by atoms with Crippen LogP contribution in [0.25, 0.3) is 11.0 Å². The van der Waals surface area contributed by atoms with Crippen LogP contribution in [0.3, 0.4) is 0 Å². The smallest absolute Gasteiger partial charge is 0.338 e. The summed E-state index contributed by atoms with van der Waals surface area (Å²) in [6.45, 7) is 6.92. The van der Waals surface area contributed by atoms with E-state index in [0.29, 0.717) is 35.9 Å². The molecule has 0 spiro atoms. The van der Waals surface area contributed by atoms with Crippen LogP contribution >= 0.6 is 23.2 Å². The number of hydrogen-bond donors (Lipinski definition) is 0. The molecule has 2 aromatic heterocycles. The zero-order chi connectivity index (χ0) is 25.8. The summed E-state index contributed by atoms with van der Waals surface area (Å²) in [6, 6.07) is 5.35. The summed E-state index contributed by atoms with van der Waals surface area (Å²) in [5, 5.41) is 0.368. The number of rotatable bonds is 3. The van der Waals surface area contributed by atoms with Crippen LogP contribution in [0.2, 0.25) is 10.0 Å². The molecule has 35 heavy (non-hydrogen) atoms. The molecule has 0 bridgehead atoms. The van der Waals surface area contributed by atoms with Gasteiger partial charge in [0.25, 0.3) is 5.91 Å². The molecule has 0 saturated carbocycles. The minimum atomic E-state index is -4.63. The van der Waals surface area contributed by atoms with E-state index >= 15 is 0 Å². The fourth-order valence-corrected chi connectivity index (χ4v) is 5.11. The van der Waals surface area contributed by atoms with Crippen molar-refractivity contribution in [3.63, 3.8) is 0 Å². The Hall–Kier alpha value is -2.58. The summed E-state index contributed by atoms with van der Waals surface area (Å²) in [5.74, 6) is -0.0705. The first-order chi connectivity index (χ1) is 16.3. The van der Waals surface area contributed by atoms with Crippen LogP contribution in [0.5, 0.6) is 0 Å². The number of pyridine rings is 1. The number of aryl methyl sites for hydroxylation is 2. The van der Waals surface area contributed by atoms with E-state index in [1.165, 1.54) is 36.7 Å². The molecule has 0 radical (unpaired) electrons. The molecule has 2 atom stereocenters. The van der Waals surface area contributed by atoms with E-state index in [0.717, 1.165) is 12.5 Å². The number of amides is 1. The lowest BCUT2D eigenvalue weighted by atomic mass is 9.88. The fraction of sp³-hybridized carbons (Fsp3) is 0.400. The number of nitrogens with zero attached hydrogens (tertiary/aromatic N) is 3. The molecular weight excluding hydrogens is 502 g/mol. The van der Waals surface area contributed by atoms with E-state index < -0.39 is 17.7 Å². The summed E-state index contributed by atoms with van der Waals surface area (Å²) in [7, 11) is 1.45. The summed E-state index contributed by atoms with van der Waals surface area (Å²) in [5.41, 5.74) is -0.561. The van der Waals surface area contributed by atoms with Gasteiger partial charge < -0.3 is 9.47 Å². The second-order valence-electron chi connectivity index (χ2n) is 9.26. The minimum absolute atomic E-state index is 0.0107. The number of carbonyl (C=O) groups excluding carboxylic acids is 2. The molecule has 0 unspecified atom stereocenters. The van der Waals surface area contributed by atoms with Crippen molar-refractivity contribution in [2.45, 2.75) is 33.4 Å². The van der Waals surface area contributed by atoms with E-state index in [4.69, 9.17) is 23.2 Å². The van der Waals surface area contributed by atoms with E-state index in [9.17, 15) is 22.8 Å². The lowest BCUT2D eigenvalue weighted by Gasteiger charge is -2.35. The van der Waals surface area contributed by atoms with Gasteiger partial charge in [-0.05, 0) is 55.0 Å². The normalized spacial score (nSPS) is 18.8. The Kier molecular flexibility index (Phi) is 6.66. The maximum Gasteiger partial charge on any atom is 0.433 e. The van der Waals surface area contributed by atoms with Gasteiger partial charge in [-0.15, -0.1) is 0 Å². The number of fused-ring (bicyclic) bond motifs is 1. The number of piperidine rings is 1. The van der Waals surface area contributed by atoms with Crippen molar-refractivity contribution < 1.29 is 22.8 Å². The van der Waals surface area contributed by atoms with Crippen LogP contribution in [0, 0.1) is 18.8 Å². The van der Waals surface area contributed by atoms with Gasteiger partial charge in [0.15, 0.2) is 0 Å². The maximum atomic E-state index is 13.6. The second-order valence-corrected chi connectivity index (χ2v) is 10.0. The first-order valence-electron chi connectivity index (χ1n) is 11.2. The molecule has 10 heteroatoms. The summed E-state index contributed by atoms with van der Waals surface area (Å²) in [6.07, 6.45) is -3.76. The lowest BCUT2D eigenvalue weighted by molar-refractivity contribution is -0.141. The van der Waals surface area contributed by atoms with E-state index in [1.54, 1.807) is 4.90 Å². The molecule has 0 N–H and O–H groups in total. The number of alkyl halides is 3. The van der Waals surface area contributed by atoms with Crippen LogP contribution in [-0.4, -0.2) is 39.2 Å². The van der Waals surface area contributed by atoms with Gasteiger partial charge in [-0.3, -0.25) is 9.59 Å². The number of carbonyl (C=O) groups is 2. The van der Waals surface area contributed by atoms with Crippen LogP contribution < -0.4 is 0 Å². The van der Waals surface area contributed by atoms with Gasteiger partial charge >= 0.3 is 6.18 Å². The Bertz CT molecular complexity index is 1350. The van der Waals surface area contributed by atoms with Crippen molar-refractivity contribution in [1.82, 2.24) is 14.5 Å². The number of likely N-dealkylation sites (tertiary alicyclic amines) is 1. The molecule has 1 aliphatic heterocycles. The Morgan fingerprint density at radius 2 is 1.80 bits per heavy atom. The average molecular weight is 526 g/mol. The molecule has 186 valence electrons. The highest BCUT2D eigenvalue weighted by Crippen LogP contribution is 2.35. The van der Waals surface area contributed by atoms with Gasteiger partial charge in [0, 0.05) is 25.5 Å². The number of aromatic nitrogens is 2. The first-order valence-corrected chi connectivity index (χ1v) is 11.9. The molecule has 4 rings (SSSR count). The standard InChI is InChI=1S/C25H24Cl2F3N3O2/c1-12-7-8-33(11-14(12)3)24(35)15-5-6-17(26)20(21(15)27)22(34)18-10-16-13(2)9-19(25(28,29)30)31-23(16)32(18)4/h5-6,9-10,12,14H,7-8,11H2,1-4H3/t12-,14-/m1/s1. The van der Waals surface area contributed by atoms with Crippen LogP contribution in [0.1, 0.15) is 57.9 Å². The predicted molar refractivity (Wildman–Crippen MR) is 129 cm³/mol. The largest absolute Gasteiger partial charge is 0.433 e. The lowest BCUT2D eigenvalue weighted by Crippen LogP contribution is -2.42. The first kappa shape index (κ1) is 25.5. The van der Waals surface area contributed by atoms with Gasteiger partial charge in [0.05, 0.1) is 26.9 Å². The highest BCUT2D eigenvalue weighted by atomic mass is 35.5. The van der Waals surface area contributed by atoms with E-state index in [1.807, 2.05) is 0 Å². The Morgan fingerprint density at radius 3 is 2.43 bits per heavy atom. The van der Waals surface area contributed by atoms with Crippen LogP contribution in [0.4, 0.5) is 13.2 Å². The van der Waals surface area contributed by atoms with Gasteiger partial charge in [-0.2, -0.15) is 13.2 Å². The number of ketones is 1. The molecular formula is C25H24Cl2F3N3O2. The van der Waals surface area contributed by atoms with Gasteiger partial charge in [0.2, 0.25) is 5.78 Å². The summed E-state index contributed by atoms with van der Waals surface area (Å²) >= 11 is 12.9. The third-order valence-corrected chi connectivity index (χ3v) is 7.61. The van der Waals surface area contributed by atoms with Crippen LogP contribution in [0.15, 0.2) is 24.3 Å². The molecule has 1 aliphatic rings. The average Bonchev–Trinajstić information content (AvgIpc) is 3.12. The maximum absolute atomic E-state index is 13.6. The topological polar surface area (TPSA) is 55.2 Å². The number of hydrogen-bond acceptors (Lipinski definition) is 3. The van der Waals surface area contributed by atoms with Crippen molar-refractivity contribution in [2.24, 2.45) is 18.9 Å². The zero-order valence-corrected chi connectivity index (χ0v) is 21.1. The van der Waals surface area contributed by atoms with Crippen molar-refractivity contribution in [1.29, 1.82) is 0 Å². The molecule has 3 heterocycles. The third-order valence-electron chi connectivity index (χ3n) is 6.90.